The minimum absolute atomic E-state index is 0.0313. The highest BCUT2D eigenvalue weighted by atomic mass is 127. The first-order valence-electron chi connectivity index (χ1n) is 9.69. The van der Waals surface area contributed by atoms with E-state index in [0.717, 1.165) is 15.7 Å². The Hall–Kier alpha value is -3.96. The Morgan fingerprint density at radius 1 is 1.11 bits per heavy atom. The Kier molecular flexibility index (Phi) is 8.05. The third-order valence-electron chi connectivity index (χ3n) is 4.50. The fourth-order valence-electron chi connectivity index (χ4n) is 2.87. The first-order valence-corrected chi connectivity index (χ1v) is 12.2. The first kappa shape index (κ1) is 25.7. The summed E-state index contributed by atoms with van der Waals surface area (Å²) in [4.78, 5) is 22.2. The van der Waals surface area contributed by atoms with Crippen LogP contribution in [0.3, 0.4) is 0 Å². The number of nitrogens with one attached hydrogen (secondary N) is 1. The van der Waals surface area contributed by atoms with Crippen molar-refractivity contribution in [2.45, 2.75) is 4.90 Å². The molecule has 0 unspecified atom stereocenters. The zero-order valence-electron chi connectivity index (χ0n) is 18.0. The topological polar surface area (TPSA) is 149 Å². The molecule has 0 radical (unpaired) electrons. The van der Waals surface area contributed by atoms with Crippen molar-refractivity contribution in [2.24, 2.45) is 0 Å². The number of hydrogen-bond donors (Lipinski definition) is 1. The molecule has 3 aromatic carbocycles. The average Bonchev–Trinajstić information content (AvgIpc) is 2.84. The van der Waals surface area contributed by atoms with E-state index in [4.69, 9.17) is 8.92 Å². The molecule has 3 rings (SSSR count). The monoisotopic (exact) mass is 605 g/mol. The van der Waals surface area contributed by atoms with Crippen molar-refractivity contribution < 1.29 is 27.1 Å². The summed E-state index contributed by atoms with van der Waals surface area (Å²) >= 11 is 2.12. The quantitative estimate of drug-likeness (QED) is 0.0984. The number of carbonyl (C=O) groups excluding carboxylic acids is 1. The normalized spacial score (nSPS) is 11.3. The molecule has 0 atom stereocenters. The summed E-state index contributed by atoms with van der Waals surface area (Å²) in [5.41, 5.74) is 0.0281. The van der Waals surface area contributed by atoms with Crippen LogP contribution in [0, 0.1) is 25.0 Å². The smallest absolute Gasteiger partial charge is 0.346 e. The molecule has 1 amide bonds. The Morgan fingerprint density at radius 2 is 1.80 bits per heavy atom. The molecule has 0 saturated heterocycles. The van der Waals surface area contributed by atoms with Crippen molar-refractivity contribution in [3.05, 3.63) is 91.6 Å². The summed E-state index contributed by atoms with van der Waals surface area (Å²) in [6, 6.07) is 17.6. The van der Waals surface area contributed by atoms with Gasteiger partial charge in [0.15, 0.2) is 16.4 Å². The SMILES string of the molecule is COc1cc(/C=C(\C#N)C(=O)Nc2ccc(I)cc2)ccc1OS(=O)(=O)c1ccccc1[N+](=O)[O-]. The van der Waals surface area contributed by atoms with Crippen molar-refractivity contribution in [2.75, 3.05) is 12.4 Å². The summed E-state index contributed by atoms with van der Waals surface area (Å²) in [7, 11) is -3.30. The summed E-state index contributed by atoms with van der Waals surface area (Å²) < 4.78 is 36.7. The van der Waals surface area contributed by atoms with Crippen LogP contribution in [0.15, 0.2) is 77.2 Å². The number of anilines is 1. The molecule has 0 aliphatic carbocycles. The molecule has 10 nitrogen and oxygen atoms in total. The van der Waals surface area contributed by atoms with Crippen molar-refractivity contribution >= 4 is 56.1 Å². The standard InChI is InChI=1S/C23H16IN3O7S/c1-33-21-13-15(12-16(14-25)23(28)26-18-9-7-17(24)8-10-18)6-11-20(21)34-35(31,32)22-5-3-2-4-19(22)27(29)30/h2-13H,1H3,(H,26,28)/b16-12+. The van der Waals surface area contributed by atoms with Crippen LogP contribution in [-0.2, 0) is 14.9 Å². The van der Waals surface area contributed by atoms with E-state index in [2.05, 4.69) is 27.9 Å². The summed E-state index contributed by atoms with van der Waals surface area (Å²) in [5, 5.41) is 23.3. The van der Waals surface area contributed by atoms with Gasteiger partial charge in [0.25, 0.3) is 11.6 Å². The summed E-state index contributed by atoms with van der Waals surface area (Å²) in [6.07, 6.45) is 1.30. The molecule has 35 heavy (non-hydrogen) atoms. The lowest BCUT2D eigenvalue weighted by molar-refractivity contribution is -0.387. The van der Waals surface area contributed by atoms with E-state index < -0.39 is 31.5 Å². The molecule has 0 fully saturated rings. The lowest BCUT2D eigenvalue weighted by atomic mass is 10.1. The van der Waals surface area contributed by atoms with E-state index >= 15 is 0 Å². The maximum atomic E-state index is 12.7. The van der Waals surface area contributed by atoms with Crippen LogP contribution in [0.1, 0.15) is 5.56 Å². The van der Waals surface area contributed by atoms with Gasteiger partial charge in [0.05, 0.1) is 12.0 Å². The minimum atomic E-state index is -4.57. The number of nitrogens with zero attached hydrogens (tertiary/aromatic N) is 2. The van der Waals surface area contributed by atoms with Gasteiger partial charge in [0.2, 0.25) is 0 Å². The number of para-hydroxylation sites is 1. The maximum Gasteiger partial charge on any atom is 0.346 e. The molecule has 12 heteroatoms. The molecule has 0 bridgehead atoms. The number of nitro benzene ring substituents is 1. The number of hydrogen-bond acceptors (Lipinski definition) is 8. The van der Waals surface area contributed by atoms with Gasteiger partial charge >= 0.3 is 10.1 Å². The second-order valence-corrected chi connectivity index (χ2v) is 9.56. The second kappa shape index (κ2) is 11.0. The molecule has 0 aliphatic rings. The van der Waals surface area contributed by atoms with Gasteiger partial charge in [-0.1, -0.05) is 18.2 Å². The van der Waals surface area contributed by atoms with E-state index in [1.165, 1.54) is 43.5 Å². The zero-order valence-corrected chi connectivity index (χ0v) is 20.9. The van der Waals surface area contributed by atoms with Crippen LogP contribution in [0.5, 0.6) is 11.5 Å². The third kappa shape index (κ3) is 6.34. The van der Waals surface area contributed by atoms with E-state index in [-0.39, 0.29) is 17.1 Å². The summed E-state index contributed by atoms with van der Waals surface area (Å²) in [5.74, 6) is -0.896. The number of amides is 1. The number of ether oxygens (including phenoxy) is 1. The predicted molar refractivity (Wildman–Crippen MR) is 135 cm³/mol. The van der Waals surface area contributed by atoms with Gasteiger partial charge in [-0.3, -0.25) is 14.9 Å². The fourth-order valence-corrected chi connectivity index (χ4v) is 4.34. The highest BCUT2D eigenvalue weighted by molar-refractivity contribution is 14.1. The van der Waals surface area contributed by atoms with Crippen LogP contribution < -0.4 is 14.2 Å². The number of benzene rings is 3. The van der Waals surface area contributed by atoms with E-state index in [1.54, 1.807) is 24.3 Å². The third-order valence-corrected chi connectivity index (χ3v) is 6.50. The van der Waals surface area contributed by atoms with Gasteiger partial charge in [-0.15, -0.1) is 0 Å². The second-order valence-electron chi connectivity index (χ2n) is 6.80. The fraction of sp³-hybridized carbons (Fsp3) is 0.0435. The van der Waals surface area contributed by atoms with Crippen LogP contribution in [0.2, 0.25) is 0 Å². The molecule has 0 saturated carbocycles. The Morgan fingerprint density at radius 3 is 2.43 bits per heavy atom. The largest absolute Gasteiger partial charge is 0.493 e. The van der Waals surface area contributed by atoms with Crippen LogP contribution >= 0.6 is 22.6 Å². The maximum absolute atomic E-state index is 12.7. The molecule has 0 aromatic heterocycles. The van der Waals surface area contributed by atoms with Gasteiger partial charge in [-0.05, 0) is 76.7 Å². The van der Waals surface area contributed by atoms with Crippen molar-refractivity contribution in [3.63, 3.8) is 0 Å². The number of carbonyl (C=O) groups is 1. The van der Waals surface area contributed by atoms with Gasteiger partial charge in [0.1, 0.15) is 11.6 Å². The number of rotatable bonds is 8. The zero-order chi connectivity index (χ0) is 25.6. The highest BCUT2D eigenvalue weighted by Gasteiger charge is 2.28. The molecule has 1 N–H and O–H groups in total. The van der Waals surface area contributed by atoms with Gasteiger partial charge in [0, 0.05) is 15.3 Å². The summed E-state index contributed by atoms with van der Waals surface area (Å²) in [6.45, 7) is 0. The van der Waals surface area contributed by atoms with Crippen LogP contribution in [0.4, 0.5) is 11.4 Å². The van der Waals surface area contributed by atoms with Crippen molar-refractivity contribution in [1.29, 1.82) is 5.26 Å². The Bertz CT molecular complexity index is 1460. The molecule has 0 heterocycles. The van der Waals surface area contributed by atoms with Gasteiger partial charge in [-0.2, -0.15) is 13.7 Å². The predicted octanol–water partition coefficient (Wildman–Crippen LogP) is 4.52. The molecule has 178 valence electrons. The van der Waals surface area contributed by atoms with Crippen LogP contribution in [0.25, 0.3) is 6.08 Å². The highest BCUT2D eigenvalue weighted by Crippen LogP contribution is 2.33. The van der Waals surface area contributed by atoms with Gasteiger partial charge < -0.3 is 14.2 Å². The van der Waals surface area contributed by atoms with Crippen LogP contribution in [-0.4, -0.2) is 26.4 Å². The lowest BCUT2D eigenvalue weighted by Crippen LogP contribution is -2.13. The number of nitro groups is 1. The molecular formula is C23H16IN3O7S. The number of halogens is 1. The van der Waals surface area contributed by atoms with E-state index in [9.17, 15) is 28.6 Å². The Balaban J connectivity index is 1.88. The molecule has 0 spiro atoms. The van der Waals surface area contributed by atoms with Crippen molar-refractivity contribution in [1.82, 2.24) is 0 Å². The molecule has 0 aliphatic heterocycles. The molecule has 3 aromatic rings. The molecular weight excluding hydrogens is 589 g/mol. The lowest BCUT2D eigenvalue weighted by Gasteiger charge is -2.12. The average molecular weight is 605 g/mol. The van der Waals surface area contributed by atoms with E-state index in [1.807, 2.05) is 6.07 Å². The first-order chi connectivity index (χ1) is 16.6. The Labute approximate surface area is 214 Å². The minimum Gasteiger partial charge on any atom is -0.493 e. The van der Waals surface area contributed by atoms with E-state index in [0.29, 0.717) is 11.3 Å². The number of nitriles is 1. The number of methoxy groups -OCH3 is 1. The van der Waals surface area contributed by atoms with Gasteiger partial charge in [-0.25, -0.2) is 0 Å². The van der Waals surface area contributed by atoms with Crippen molar-refractivity contribution in [3.8, 4) is 17.6 Å².